The maximum absolute atomic E-state index is 11.4. The van der Waals surface area contributed by atoms with Crippen LogP contribution in [0, 0.1) is 18.3 Å². The number of benzene rings is 1. The van der Waals surface area contributed by atoms with Gasteiger partial charge >= 0.3 is 0 Å². The fourth-order valence-corrected chi connectivity index (χ4v) is 1.66. The molecule has 0 unspecified atom stereocenters. The summed E-state index contributed by atoms with van der Waals surface area (Å²) in [5.74, 6) is -0.267. The summed E-state index contributed by atoms with van der Waals surface area (Å²) in [5.41, 5.74) is 2.84. The van der Waals surface area contributed by atoms with Gasteiger partial charge in [0.1, 0.15) is 6.42 Å². The number of hydrogen-bond donors (Lipinski definition) is 2. The highest BCUT2D eigenvalue weighted by Crippen LogP contribution is 2.32. The molecule has 4 heteroatoms. The minimum atomic E-state index is -0.267. The Balaban J connectivity index is 2.16. The smallest absolute Gasteiger partial charge is 0.238 e. The topological polar surface area (TPSA) is 64.9 Å². The summed E-state index contributed by atoms with van der Waals surface area (Å²) in [6, 6.07) is 8.13. The third kappa shape index (κ3) is 2.97. The lowest BCUT2D eigenvalue weighted by molar-refractivity contribution is -0.115. The zero-order valence-electron chi connectivity index (χ0n) is 9.79. The number of amides is 1. The van der Waals surface area contributed by atoms with E-state index < -0.39 is 0 Å². The van der Waals surface area contributed by atoms with E-state index in [-0.39, 0.29) is 12.3 Å². The molecule has 88 valence electrons. The van der Waals surface area contributed by atoms with Crippen LogP contribution in [0.15, 0.2) is 18.2 Å². The van der Waals surface area contributed by atoms with E-state index in [0.717, 1.165) is 16.9 Å². The molecule has 1 aromatic carbocycles. The van der Waals surface area contributed by atoms with Gasteiger partial charge in [0.2, 0.25) is 5.91 Å². The molecule has 0 aliphatic heterocycles. The van der Waals surface area contributed by atoms with Crippen LogP contribution in [0.1, 0.15) is 24.8 Å². The van der Waals surface area contributed by atoms with Crippen molar-refractivity contribution in [1.29, 1.82) is 5.26 Å². The molecule has 2 rings (SSSR count). The van der Waals surface area contributed by atoms with Crippen molar-refractivity contribution in [3.05, 3.63) is 23.8 Å². The number of nitriles is 1. The number of carbonyl (C=O) groups excluding carboxylic acids is 1. The van der Waals surface area contributed by atoms with E-state index in [2.05, 4.69) is 10.6 Å². The minimum absolute atomic E-state index is 0.114. The Morgan fingerprint density at radius 1 is 1.53 bits per heavy atom. The van der Waals surface area contributed by atoms with Crippen molar-refractivity contribution in [2.45, 2.75) is 32.2 Å². The fourth-order valence-electron chi connectivity index (χ4n) is 1.66. The van der Waals surface area contributed by atoms with Gasteiger partial charge in [-0.2, -0.15) is 5.26 Å². The molecule has 1 saturated carbocycles. The van der Waals surface area contributed by atoms with Gasteiger partial charge in [0.05, 0.1) is 17.4 Å². The zero-order valence-corrected chi connectivity index (χ0v) is 9.79. The van der Waals surface area contributed by atoms with Crippen molar-refractivity contribution in [2.24, 2.45) is 0 Å². The summed E-state index contributed by atoms with van der Waals surface area (Å²) in [5, 5.41) is 14.6. The first-order valence-electron chi connectivity index (χ1n) is 5.73. The number of hydrogen-bond acceptors (Lipinski definition) is 3. The zero-order chi connectivity index (χ0) is 12.3. The predicted molar refractivity (Wildman–Crippen MR) is 66.7 cm³/mol. The van der Waals surface area contributed by atoms with Crippen LogP contribution in [0.2, 0.25) is 0 Å². The summed E-state index contributed by atoms with van der Waals surface area (Å²) in [6.07, 6.45) is 2.25. The van der Waals surface area contributed by atoms with E-state index in [1.54, 1.807) is 0 Å². The van der Waals surface area contributed by atoms with Crippen LogP contribution in [0.25, 0.3) is 0 Å². The van der Waals surface area contributed by atoms with Crippen molar-refractivity contribution in [2.75, 3.05) is 10.6 Å². The average Bonchev–Trinajstić information content (AvgIpc) is 3.07. The van der Waals surface area contributed by atoms with Gasteiger partial charge in [-0.05, 0) is 31.4 Å². The lowest BCUT2D eigenvalue weighted by Gasteiger charge is -2.14. The van der Waals surface area contributed by atoms with Crippen molar-refractivity contribution < 1.29 is 4.79 Å². The van der Waals surface area contributed by atoms with Crippen molar-refractivity contribution in [3.8, 4) is 6.07 Å². The summed E-state index contributed by atoms with van der Waals surface area (Å²) in [6.45, 7) is 2.00. The molecule has 17 heavy (non-hydrogen) atoms. The van der Waals surface area contributed by atoms with Crippen LogP contribution in [0.4, 0.5) is 11.4 Å². The molecule has 0 spiro atoms. The molecule has 0 bridgehead atoms. The maximum Gasteiger partial charge on any atom is 0.238 e. The van der Waals surface area contributed by atoms with E-state index in [9.17, 15) is 4.79 Å². The molecule has 0 atom stereocenters. The summed E-state index contributed by atoms with van der Waals surface area (Å²) >= 11 is 0. The quantitative estimate of drug-likeness (QED) is 0.833. The summed E-state index contributed by atoms with van der Waals surface area (Å²) < 4.78 is 0. The molecule has 1 aromatic rings. The second-order valence-corrected chi connectivity index (χ2v) is 4.30. The SMILES string of the molecule is Cc1cccc(NC(=O)CC#N)c1NC1CC1. The largest absolute Gasteiger partial charge is 0.380 e. The molecule has 4 nitrogen and oxygen atoms in total. The van der Waals surface area contributed by atoms with Crippen molar-refractivity contribution in [1.82, 2.24) is 0 Å². The number of nitrogens with one attached hydrogen (secondary N) is 2. The Morgan fingerprint density at radius 2 is 2.29 bits per heavy atom. The molecule has 1 aliphatic carbocycles. The molecular formula is C13H15N3O. The number of nitrogens with zero attached hydrogens (tertiary/aromatic N) is 1. The summed E-state index contributed by atoms with van der Waals surface area (Å²) in [4.78, 5) is 11.4. The molecule has 1 amide bonds. The Labute approximate surface area is 101 Å². The minimum Gasteiger partial charge on any atom is -0.380 e. The molecule has 0 aromatic heterocycles. The van der Waals surface area contributed by atoms with E-state index in [1.807, 2.05) is 31.2 Å². The highest BCUT2D eigenvalue weighted by molar-refractivity contribution is 5.95. The standard InChI is InChI=1S/C13H15N3O/c1-9-3-2-4-11(16-12(17)7-8-14)13(9)15-10-5-6-10/h2-4,10,15H,5-7H2,1H3,(H,16,17). The molecule has 0 heterocycles. The van der Waals surface area contributed by atoms with Crippen LogP contribution in [0.5, 0.6) is 0 Å². The normalized spacial score (nSPS) is 13.9. The van der Waals surface area contributed by atoms with Crippen molar-refractivity contribution >= 4 is 17.3 Å². The first-order chi connectivity index (χ1) is 8.20. The molecular weight excluding hydrogens is 214 g/mol. The van der Waals surface area contributed by atoms with Crippen LogP contribution in [-0.2, 0) is 4.79 Å². The lowest BCUT2D eigenvalue weighted by atomic mass is 10.1. The second kappa shape index (κ2) is 4.88. The van der Waals surface area contributed by atoms with Gasteiger partial charge in [-0.15, -0.1) is 0 Å². The van der Waals surface area contributed by atoms with E-state index in [4.69, 9.17) is 5.26 Å². The second-order valence-electron chi connectivity index (χ2n) is 4.30. The highest BCUT2D eigenvalue weighted by Gasteiger charge is 2.22. The third-order valence-electron chi connectivity index (χ3n) is 2.71. The Morgan fingerprint density at radius 3 is 2.94 bits per heavy atom. The Bertz CT molecular complexity index is 472. The first kappa shape index (κ1) is 11.5. The van der Waals surface area contributed by atoms with E-state index in [0.29, 0.717) is 6.04 Å². The van der Waals surface area contributed by atoms with Gasteiger partial charge in [0, 0.05) is 6.04 Å². The van der Waals surface area contributed by atoms with E-state index >= 15 is 0 Å². The molecule has 0 radical (unpaired) electrons. The number of rotatable bonds is 4. The van der Waals surface area contributed by atoms with Gasteiger partial charge < -0.3 is 10.6 Å². The van der Waals surface area contributed by atoms with Crippen LogP contribution < -0.4 is 10.6 Å². The number of para-hydroxylation sites is 1. The van der Waals surface area contributed by atoms with Gasteiger partial charge in [0.15, 0.2) is 0 Å². The predicted octanol–water partition coefficient (Wildman–Crippen LogP) is 2.42. The Hall–Kier alpha value is -2.02. The van der Waals surface area contributed by atoms with Crippen LogP contribution >= 0.6 is 0 Å². The number of anilines is 2. The average molecular weight is 229 g/mol. The van der Waals surface area contributed by atoms with Gasteiger partial charge in [-0.25, -0.2) is 0 Å². The van der Waals surface area contributed by atoms with Gasteiger partial charge in [-0.3, -0.25) is 4.79 Å². The molecule has 0 saturated heterocycles. The molecule has 1 fully saturated rings. The molecule has 1 aliphatic rings. The molecule has 2 N–H and O–H groups in total. The lowest BCUT2D eigenvalue weighted by Crippen LogP contribution is -2.13. The fraction of sp³-hybridized carbons (Fsp3) is 0.385. The van der Waals surface area contributed by atoms with Gasteiger partial charge in [-0.1, -0.05) is 12.1 Å². The first-order valence-corrected chi connectivity index (χ1v) is 5.73. The maximum atomic E-state index is 11.4. The van der Waals surface area contributed by atoms with E-state index in [1.165, 1.54) is 12.8 Å². The number of carbonyl (C=O) groups is 1. The Kier molecular flexibility index (Phi) is 3.29. The monoisotopic (exact) mass is 229 g/mol. The van der Waals surface area contributed by atoms with Crippen LogP contribution in [-0.4, -0.2) is 11.9 Å². The number of aryl methyl sites for hydroxylation is 1. The third-order valence-corrected chi connectivity index (χ3v) is 2.71. The summed E-state index contributed by atoms with van der Waals surface area (Å²) in [7, 11) is 0. The highest BCUT2D eigenvalue weighted by atomic mass is 16.1. The van der Waals surface area contributed by atoms with Crippen molar-refractivity contribution in [3.63, 3.8) is 0 Å². The van der Waals surface area contributed by atoms with Gasteiger partial charge in [0.25, 0.3) is 0 Å². The van der Waals surface area contributed by atoms with Crippen LogP contribution in [0.3, 0.4) is 0 Å².